The van der Waals surface area contributed by atoms with Gasteiger partial charge in [0.05, 0.1) is 16.9 Å². The van der Waals surface area contributed by atoms with Crippen LogP contribution in [0.1, 0.15) is 11.3 Å². The van der Waals surface area contributed by atoms with Crippen molar-refractivity contribution in [3.05, 3.63) is 76.0 Å². The fourth-order valence-electron chi connectivity index (χ4n) is 2.12. The molecule has 0 unspecified atom stereocenters. The van der Waals surface area contributed by atoms with Gasteiger partial charge >= 0.3 is 0 Å². The molecule has 3 rings (SSSR count). The third-order valence-electron chi connectivity index (χ3n) is 3.34. The van der Waals surface area contributed by atoms with Crippen molar-refractivity contribution in [1.82, 2.24) is 0 Å². The quantitative estimate of drug-likeness (QED) is 0.465. The van der Waals surface area contributed by atoms with Crippen LogP contribution < -0.4 is 5.43 Å². The molecule has 23 heavy (non-hydrogen) atoms. The Morgan fingerprint density at radius 2 is 1.87 bits per heavy atom. The van der Waals surface area contributed by atoms with Gasteiger partial charge < -0.3 is 4.42 Å². The van der Waals surface area contributed by atoms with E-state index in [-0.39, 0.29) is 0 Å². The molecular weight excluding hydrogens is 331 g/mol. The Morgan fingerprint density at radius 3 is 2.70 bits per heavy atom. The Morgan fingerprint density at radius 1 is 1.04 bits per heavy atom. The Bertz CT molecular complexity index is 856. The number of furan rings is 1. The molecule has 0 spiro atoms. The molecule has 1 heterocycles. The van der Waals surface area contributed by atoms with Gasteiger partial charge in [-0.1, -0.05) is 41.4 Å². The van der Waals surface area contributed by atoms with Crippen molar-refractivity contribution >= 4 is 35.1 Å². The summed E-state index contributed by atoms with van der Waals surface area (Å²) in [5.41, 5.74) is 5.82. The summed E-state index contributed by atoms with van der Waals surface area (Å²) >= 11 is 12.2. The Hall–Kier alpha value is -2.23. The van der Waals surface area contributed by atoms with Crippen molar-refractivity contribution in [3.63, 3.8) is 0 Å². The Labute approximate surface area is 144 Å². The highest BCUT2D eigenvalue weighted by Crippen LogP contribution is 2.31. The maximum atomic E-state index is 6.18. The molecule has 0 aliphatic heterocycles. The Kier molecular flexibility index (Phi) is 4.70. The number of hydrazone groups is 1. The lowest BCUT2D eigenvalue weighted by Crippen LogP contribution is -1.91. The normalized spacial score (nSPS) is 11.1. The molecule has 5 heteroatoms. The van der Waals surface area contributed by atoms with Crippen LogP contribution in [-0.4, -0.2) is 6.21 Å². The van der Waals surface area contributed by atoms with Gasteiger partial charge in [0, 0.05) is 10.6 Å². The second kappa shape index (κ2) is 6.90. The number of benzene rings is 2. The van der Waals surface area contributed by atoms with E-state index in [1.807, 2.05) is 43.3 Å². The van der Waals surface area contributed by atoms with Gasteiger partial charge in [-0.3, -0.25) is 5.43 Å². The van der Waals surface area contributed by atoms with Gasteiger partial charge in [0.15, 0.2) is 0 Å². The topological polar surface area (TPSA) is 37.5 Å². The van der Waals surface area contributed by atoms with Crippen LogP contribution in [0.15, 0.2) is 64.1 Å². The minimum atomic E-state index is 0.588. The standard InChI is InChI=1S/C18H14Cl2N2O/c1-12-4-2-3-5-17(12)22-21-11-14-7-9-18(23-14)15-10-13(19)6-8-16(15)20/h2-11,22H,1H3/b21-11-. The van der Waals surface area contributed by atoms with Crippen molar-refractivity contribution < 1.29 is 4.42 Å². The van der Waals surface area contributed by atoms with Gasteiger partial charge in [-0.15, -0.1) is 0 Å². The first-order chi connectivity index (χ1) is 11.1. The molecule has 0 amide bonds. The summed E-state index contributed by atoms with van der Waals surface area (Å²) in [6.45, 7) is 2.02. The van der Waals surface area contributed by atoms with Crippen LogP contribution >= 0.6 is 23.2 Å². The first-order valence-corrected chi connectivity index (χ1v) is 7.79. The zero-order valence-electron chi connectivity index (χ0n) is 12.4. The van der Waals surface area contributed by atoms with Crippen molar-refractivity contribution in [1.29, 1.82) is 0 Å². The molecule has 0 saturated carbocycles. The van der Waals surface area contributed by atoms with E-state index in [4.69, 9.17) is 27.6 Å². The van der Waals surface area contributed by atoms with Crippen molar-refractivity contribution in [2.24, 2.45) is 5.10 Å². The lowest BCUT2D eigenvalue weighted by Gasteiger charge is -2.03. The van der Waals surface area contributed by atoms with Crippen molar-refractivity contribution in [3.8, 4) is 11.3 Å². The maximum absolute atomic E-state index is 6.18. The molecule has 0 radical (unpaired) electrons. The molecule has 0 bridgehead atoms. The second-order valence-corrected chi connectivity index (χ2v) is 5.85. The monoisotopic (exact) mass is 344 g/mol. The zero-order chi connectivity index (χ0) is 16.2. The molecule has 0 aliphatic rings. The number of halogens is 2. The van der Waals surface area contributed by atoms with Gasteiger partial charge in [-0.25, -0.2) is 0 Å². The van der Waals surface area contributed by atoms with Crippen LogP contribution in [0.2, 0.25) is 10.0 Å². The number of rotatable bonds is 4. The highest BCUT2D eigenvalue weighted by molar-refractivity contribution is 6.35. The number of nitrogens with zero attached hydrogens (tertiary/aromatic N) is 1. The number of aryl methyl sites for hydroxylation is 1. The fraction of sp³-hybridized carbons (Fsp3) is 0.0556. The molecule has 116 valence electrons. The van der Waals surface area contributed by atoms with Crippen LogP contribution in [0, 0.1) is 6.92 Å². The van der Waals surface area contributed by atoms with Crippen molar-refractivity contribution in [2.45, 2.75) is 6.92 Å². The lowest BCUT2D eigenvalue weighted by atomic mass is 10.2. The van der Waals surface area contributed by atoms with E-state index in [1.54, 1.807) is 24.4 Å². The average molecular weight is 345 g/mol. The zero-order valence-corrected chi connectivity index (χ0v) is 13.9. The van der Waals surface area contributed by atoms with E-state index in [0.717, 1.165) is 16.8 Å². The molecule has 0 atom stereocenters. The minimum Gasteiger partial charge on any atom is -0.455 e. The highest BCUT2D eigenvalue weighted by atomic mass is 35.5. The molecular formula is C18H14Cl2N2O. The first-order valence-electron chi connectivity index (χ1n) is 7.03. The molecule has 3 aromatic rings. The molecule has 0 aliphatic carbocycles. The predicted octanol–water partition coefficient (Wildman–Crippen LogP) is 6.01. The van der Waals surface area contributed by atoms with Crippen LogP contribution in [0.5, 0.6) is 0 Å². The number of hydrogen-bond donors (Lipinski definition) is 1. The summed E-state index contributed by atoms with van der Waals surface area (Å²) in [4.78, 5) is 0. The molecule has 1 N–H and O–H groups in total. The van der Waals surface area contributed by atoms with E-state index in [0.29, 0.717) is 21.6 Å². The summed E-state index contributed by atoms with van der Waals surface area (Å²) in [6.07, 6.45) is 1.62. The van der Waals surface area contributed by atoms with Gasteiger partial charge in [-0.2, -0.15) is 5.10 Å². The van der Waals surface area contributed by atoms with E-state index >= 15 is 0 Å². The summed E-state index contributed by atoms with van der Waals surface area (Å²) in [6, 6.07) is 16.8. The third kappa shape index (κ3) is 3.76. The van der Waals surface area contributed by atoms with Crippen LogP contribution in [0.4, 0.5) is 5.69 Å². The summed E-state index contributed by atoms with van der Waals surface area (Å²) < 4.78 is 5.74. The third-order valence-corrected chi connectivity index (χ3v) is 3.91. The highest BCUT2D eigenvalue weighted by Gasteiger charge is 2.08. The van der Waals surface area contributed by atoms with Gasteiger partial charge in [0.1, 0.15) is 11.5 Å². The van der Waals surface area contributed by atoms with Crippen LogP contribution in [0.25, 0.3) is 11.3 Å². The molecule has 1 aromatic heterocycles. The predicted molar refractivity (Wildman–Crippen MR) is 96.6 cm³/mol. The van der Waals surface area contributed by atoms with Gasteiger partial charge in [0.25, 0.3) is 0 Å². The number of anilines is 1. The van der Waals surface area contributed by atoms with Crippen LogP contribution in [0.3, 0.4) is 0 Å². The number of nitrogens with one attached hydrogen (secondary N) is 1. The molecule has 0 fully saturated rings. The van der Waals surface area contributed by atoms with Gasteiger partial charge in [0.2, 0.25) is 0 Å². The van der Waals surface area contributed by atoms with Gasteiger partial charge in [-0.05, 0) is 48.9 Å². The van der Waals surface area contributed by atoms with E-state index < -0.39 is 0 Å². The average Bonchev–Trinajstić information content (AvgIpc) is 3.00. The first kappa shape index (κ1) is 15.7. The smallest absolute Gasteiger partial charge is 0.147 e. The summed E-state index contributed by atoms with van der Waals surface area (Å²) in [7, 11) is 0. The minimum absolute atomic E-state index is 0.588. The van der Waals surface area contributed by atoms with E-state index in [9.17, 15) is 0 Å². The molecule has 3 nitrogen and oxygen atoms in total. The largest absolute Gasteiger partial charge is 0.455 e. The molecule has 2 aromatic carbocycles. The summed E-state index contributed by atoms with van der Waals surface area (Å²) in [5, 5.41) is 5.39. The second-order valence-electron chi connectivity index (χ2n) is 5.01. The number of para-hydroxylation sites is 1. The molecule has 0 saturated heterocycles. The fourth-order valence-corrected chi connectivity index (χ4v) is 2.50. The van der Waals surface area contributed by atoms with E-state index in [1.165, 1.54) is 0 Å². The van der Waals surface area contributed by atoms with Crippen molar-refractivity contribution in [2.75, 3.05) is 5.43 Å². The number of hydrogen-bond acceptors (Lipinski definition) is 3. The summed E-state index contributed by atoms with van der Waals surface area (Å²) in [5.74, 6) is 1.27. The van der Waals surface area contributed by atoms with Crippen LogP contribution in [-0.2, 0) is 0 Å². The Balaban J connectivity index is 1.76. The maximum Gasteiger partial charge on any atom is 0.147 e. The lowest BCUT2D eigenvalue weighted by molar-refractivity contribution is 0.575. The van der Waals surface area contributed by atoms with E-state index in [2.05, 4.69) is 10.5 Å². The SMILES string of the molecule is Cc1ccccc1N/N=C\c1ccc(-c2cc(Cl)ccc2Cl)o1.